The zero-order valence-electron chi connectivity index (χ0n) is 10.9. The zero-order chi connectivity index (χ0) is 12.6. The highest BCUT2D eigenvalue weighted by Gasteiger charge is 2.28. The molecule has 0 amide bonds. The van der Waals surface area contributed by atoms with Crippen molar-refractivity contribution in [3.8, 4) is 0 Å². The SMILES string of the molecule is CC(C)c1nn(C)c(SC2CCOC2C)c1N. The Labute approximate surface area is 107 Å². The number of anilines is 1. The van der Waals surface area contributed by atoms with Crippen LogP contribution in [0.1, 0.15) is 38.8 Å². The summed E-state index contributed by atoms with van der Waals surface area (Å²) < 4.78 is 7.48. The summed E-state index contributed by atoms with van der Waals surface area (Å²) in [4.78, 5) is 0. The van der Waals surface area contributed by atoms with Crippen molar-refractivity contribution in [2.45, 2.75) is 49.5 Å². The molecule has 0 aliphatic carbocycles. The number of nitrogens with two attached hydrogens (primary N) is 1. The Morgan fingerprint density at radius 3 is 2.71 bits per heavy atom. The van der Waals surface area contributed by atoms with E-state index in [0.29, 0.717) is 17.3 Å². The molecular weight excluding hydrogens is 234 g/mol. The molecule has 0 radical (unpaired) electrons. The predicted molar refractivity (Wildman–Crippen MR) is 71.4 cm³/mol. The Morgan fingerprint density at radius 2 is 2.24 bits per heavy atom. The second kappa shape index (κ2) is 4.90. The molecule has 96 valence electrons. The number of rotatable bonds is 3. The molecule has 2 heterocycles. The minimum Gasteiger partial charge on any atom is -0.395 e. The highest BCUT2D eigenvalue weighted by molar-refractivity contribution is 8.00. The third kappa shape index (κ3) is 2.45. The first-order chi connectivity index (χ1) is 8.00. The van der Waals surface area contributed by atoms with Crippen LogP contribution in [0.4, 0.5) is 5.69 Å². The van der Waals surface area contributed by atoms with Gasteiger partial charge in [-0.3, -0.25) is 4.68 Å². The number of aryl methyl sites for hydroxylation is 1. The molecule has 5 heteroatoms. The van der Waals surface area contributed by atoms with E-state index in [0.717, 1.165) is 29.4 Å². The van der Waals surface area contributed by atoms with Crippen molar-refractivity contribution in [1.82, 2.24) is 9.78 Å². The Bertz CT molecular complexity index is 403. The fraction of sp³-hybridized carbons (Fsp3) is 0.750. The molecule has 1 fully saturated rings. The van der Waals surface area contributed by atoms with Crippen molar-refractivity contribution in [2.75, 3.05) is 12.3 Å². The highest BCUT2D eigenvalue weighted by Crippen LogP contribution is 2.37. The highest BCUT2D eigenvalue weighted by atomic mass is 32.2. The van der Waals surface area contributed by atoms with Gasteiger partial charge in [-0.1, -0.05) is 25.6 Å². The van der Waals surface area contributed by atoms with Crippen LogP contribution < -0.4 is 5.73 Å². The molecule has 2 unspecified atom stereocenters. The molecule has 4 nitrogen and oxygen atoms in total. The van der Waals surface area contributed by atoms with Crippen LogP contribution in [0.25, 0.3) is 0 Å². The number of aromatic nitrogens is 2. The van der Waals surface area contributed by atoms with E-state index in [1.807, 2.05) is 11.7 Å². The minimum atomic E-state index is 0.303. The summed E-state index contributed by atoms with van der Waals surface area (Å²) in [6, 6.07) is 0. The number of thioether (sulfide) groups is 1. The fourth-order valence-corrected chi connectivity index (χ4v) is 3.32. The van der Waals surface area contributed by atoms with Crippen LogP contribution in [0.5, 0.6) is 0 Å². The van der Waals surface area contributed by atoms with Gasteiger partial charge in [-0.15, -0.1) is 0 Å². The second-order valence-corrected chi connectivity index (χ2v) is 6.13. The van der Waals surface area contributed by atoms with Gasteiger partial charge in [0.05, 0.1) is 17.5 Å². The number of nitrogen functional groups attached to an aromatic ring is 1. The molecular formula is C12H21N3OS. The lowest BCUT2D eigenvalue weighted by Gasteiger charge is -2.13. The fourth-order valence-electron chi connectivity index (χ4n) is 2.12. The first kappa shape index (κ1) is 12.8. The zero-order valence-corrected chi connectivity index (χ0v) is 11.8. The molecule has 17 heavy (non-hydrogen) atoms. The van der Waals surface area contributed by atoms with E-state index in [9.17, 15) is 0 Å². The Kier molecular flexibility index (Phi) is 3.68. The predicted octanol–water partition coefficient (Wildman–Crippen LogP) is 2.40. The maximum Gasteiger partial charge on any atom is 0.117 e. The lowest BCUT2D eigenvalue weighted by molar-refractivity contribution is 0.127. The normalized spacial score (nSPS) is 24.8. The van der Waals surface area contributed by atoms with Gasteiger partial charge in [0.15, 0.2) is 0 Å². The number of ether oxygens (including phenoxy) is 1. The van der Waals surface area contributed by atoms with Crippen LogP contribution in [-0.2, 0) is 11.8 Å². The molecule has 2 rings (SSSR count). The van der Waals surface area contributed by atoms with Crippen molar-refractivity contribution in [1.29, 1.82) is 0 Å². The van der Waals surface area contributed by atoms with Crippen molar-refractivity contribution < 1.29 is 4.74 Å². The number of hydrogen-bond donors (Lipinski definition) is 1. The van der Waals surface area contributed by atoms with Gasteiger partial charge in [-0.25, -0.2) is 0 Å². The molecule has 1 aliphatic heterocycles. The average molecular weight is 255 g/mol. The van der Waals surface area contributed by atoms with Crippen molar-refractivity contribution in [3.05, 3.63) is 5.69 Å². The summed E-state index contributed by atoms with van der Waals surface area (Å²) >= 11 is 1.80. The van der Waals surface area contributed by atoms with Crippen LogP contribution in [0.15, 0.2) is 5.03 Å². The quantitative estimate of drug-likeness (QED) is 0.901. The summed E-state index contributed by atoms with van der Waals surface area (Å²) in [6.07, 6.45) is 1.39. The second-order valence-electron chi connectivity index (χ2n) is 4.90. The van der Waals surface area contributed by atoms with Gasteiger partial charge < -0.3 is 10.5 Å². The molecule has 2 atom stereocenters. The minimum absolute atomic E-state index is 0.303. The molecule has 2 N–H and O–H groups in total. The monoisotopic (exact) mass is 255 g/mol. The number of nitrogens with zero attached hydrogens (tertiary/aromatic N) is 2. The van der Waals surface area contributed by atoms with Gasteiger partial charge in [0.25, 0.3) is 0 Å². The third-order valence-electron chi connectivity index (χ3n) is 3.17. The summed E-state index contributed by atoms with van der Waals surface area (Å²) in [5.41, 5.74) is 8.02. The molecule has 0 spiro atoms. The van der Waals surface area contributed by atoms with Gasteiger partial charge >= 0.3 is 0 Å². The first-order valence-electron chi connectivity index (χ1n) is 6.11. The molecule has 1 aliphatic rings. The topological polar surface area (TPSA) is 53.1 Å². The molecule has 0 aromatic carbocycles. The maximum atomic E-state index is 6.18. The van der Waals surface area contributed by atoms with Crippen molar-refractivity contribution >= 4 is 17.4 Å². The van der Waals surface area contributed by atoms with Crippen LogP contribution >= 0.6 is 11.8 Å². The largest absolute Gasteiger partial charge is 0.395 e. The molecule has 1 saturated heterocycles. The van der Waals surface area contributed by atoms with Crippen molar-refractivity contribution in [2.24, 2.45) is 7.05 Å². The van der Waals surface area contributed by atoms with Gasteiger partial charge in [0.1, 0.15) is 5.03 Å². The summed E-state index contributed by atoms with van der Waals surface area (Å²) in [6.45, 7) is 7.22. The van der Waals surface area contributed by atoms with E-state index in [2.05, 4.69) is 25.9 Å². The average Bonchev–Trinajstić information content (AvgIpc) is 2.77. The van der Waals surface area contributed by atoms with E-state index in [4.69, 9.17) is 10.5 Å². The summed E-state index contributed by atoms with van der Waals surface area (Å²) in [5, 5.41) is 6.08. The van der Waals surface area contributed by atoms with E-state index < -0.39 is 0 Å². The standard InChI is InChI=1S/C12H21N3OS/c1-7(2)11-10(13)12(15(4)14-11)17-9-5-6-16-8(9)3/h7-9H,5-6,13H2,1-4H3. The van der Waals surface area contributed by atoms with Gasteiger partial charge in [0, 0.05) is 18.9 Å². The lowest BCUT2D eigenvalue weighted by atomic mass is 10.1. The Morgan fingerprint density at radius 1 is 1.53 bits per heavy atom. The molecule has 1 aromatic rings. The van der Waals surface area contributed by atoms with Gasteiger partial charge in [-0.05, 0) is 19.3 Å². The number of hydrogen-bond acceptors (Lipinski definition) is 4. The molecule has 0 saturated carbocycles. The maximum absolute atomic E-state index is 6.18. The molecule has 1 aromatic heterocycles. The summed E-state index contributed by atoms with van der Waals surface area (Å²) in [7, 11) is 1.96. The van der Waals surface area contributed by atoms with Gasteiger partial charge in [0.2, 0.25) is 0 Å². The molecule has 0 bridgehead atoms. The summed E-state index contributed by atoms with van der Waals surface area (Å²) in [5.74, 6) is 0.368. The van der Waals surface area contributed by atoms with Gasteiger partial charge in [-0.2, -0.15) is 5.10 Å². The third-order valence-corrected chi connectivity index (χ3v) is 4.80. The smallest absolute Gasteiger partial charge is 0.117 e. The first-order valence-corrected chi connectivity index (χ1v) is 6.99. The lowest BCUT2D eigenvalue weighted by Crippen LogP contribution is -2.14. The van der Waals surface area contributed by atoms with E-state index in [1.165, 1.54) is 0 Å². The van der Waals surface area contributed by atoms with Crippen LogP contribution in [0.2, 0.25) is 0 Å². The van der Waals surface area contributed by atoms with Crippen LogP contribution in [-0.4, -0.2) is 27.7 Å². The van der Waals surface area contributed by atoms with E-state index in [-0.39, 0.29) is 0 Å². The van der Waals surface area contributed by atoms with Crippen molar-refractivity contribution in [3.63, 3.8) is 0 Å². The van der Waals surface area contributed by atoms with Crippen LogP contribution in [0, 0.1) is 0 Å². The van der Waals surface area contributed by atoms with E-state index in [1.54, 1.807) is 11.8 Å². The van der Waals surface area contributed by atoms with Crippen LogP contribution in [0.3, 0.4) is 0 Å². The van der Waals surface area contributed by atoms with E-state index >= 15 is 0 Å². The Hall–Kier alpha value is -0.680. The Balaban J connectivity index is 2.20.